The van der Waals surface area contributed by atoms with Crippen LogP contribution in [0.1, 0.15) is 24.2 Å². The lowest BCUT2D eigenvalue weighted by atomic mass is 10.1. The number of rotatable bonds is 4. The average molecular weight is 343 g/mol. The molecule has 0 aromatic heterocycles. The third kappa shape index (κ3) is 4.00. The monoisotopic (exact) mass is 342 g/mol. The van der Waals surface area contributed by atoms with Crippen molar-refractivity contribution in [3.8, 4) is 0 Å². The molecule has 1 aliphatic rings. The molecule has 126 valence electrons. The largest absolute Gasteiger partial charge is 0.369 e. The molecule has 0 spiro atoms. The molecular formula is C16H20ClFN2O3. The Morgan fingerprint density at radius 1 is 1.26 bits per heavy atom. The molecule has 1 aromatic carbocycles. The zero-order valence-corrected chi connectivity index (χ0v) is 14.0. The number of hydrogen-bond donors (Lipinski definition) is 0. The molecule has 7 heteroatoms. The second-order valence-electron chi connectivity index (χ2n) is 5.31. The normalized spacial score (nSPS) is 16.3. The van der Waals surface area contributed by atoms with Crippen LogP contribution in [0.5, 0.6) is 0 Å². The van der Waals surface area contributed by atoms with E-state index in [0.717, 1.165) is 0 Å². The zero-order chi connectivity index (χ0) is 17.0. The topological polar surface area (TPSA) is 49.9 Å². The zero-order valence-electron chi connectivity index (χ0n) is 13.2. The van der Waals surface area contributed by atoms with Crippen molar-refractivity contribution in [1.82, 2.24) is 9.80 Å². The fourth-order valence-corrected chi connectivity index (χ4v) is 2.81. The van der Waals surface area contributed by atoms with Gasteiger partial charge in [0.2, 0.25) is 0 Å². The van der Waals surface area contributed by atoms with Crippen molar-refractivity contribution >= 4 is 23.4 Å². The molecule has 0 radical (unpaired) electrons. The summed E-state index contributed by atoms with van der Waals surface area (Å²) in [6.45, 7) is 5.49. The van der Waals surface area contributed by atoms with Crippen molar-refractivity contribution in [2.75, 3.05) is 32.8 Å². The molecule has 0 aliphatic carbocycles. The SMILES string of the molecule is CCO[C@@H](C)C(=O)N1CCN(C(=O)c2c(F)cccc2Cl)CC1. The minimum Gasteiger partial charge on any atom is -0.369 e. The summed E-state index contributed by atoms with van der Waals surface area (Å²) in [5.74, 6) is -1.17. The van der Waals surface area contributed by atoms with E-state index in [1.54, 1.807) is 11.8 Å². The standard InChI is InChI=1S/C16H20ClFN2O3/c1-3-23-11(2)15(21)19-7-9-20(10-8-19)16(22)14-12(17)5-4-6-13(14)18/h4-6,11H,3,7-10H2,1-2H3/t11-/m0/s1. The van der Waals surface area contributed by atoms with Gasteiger partial charge in [-0.25, -0.2) is 4.39 Å². The number of halogens is 2. The van der Waals surface area contributed by atoms with Gasteiger partial charge in [0.15, 0.2) is 0 Å². The number of carbonyl (C=O) groups is 2. The average Bonchev–Trinajstić information content (AvgIpc) is 2.54. The molecule has 0 bridgehead atoms. The molecule has 1 fully saturated rings. The highest BCUT2D eigenvalue weighted by Gasteiger charge is 2.29. The fourth-order valence-electron chi connectivity index (χ4n) is 2.57. The number of piperazine rings is 1. The Hall–Kier alpha value is -1.66. The summed E-state index contributed by atoms with van der Waals surface area (Å²) < 4.78 is 19.1. The van der Waals surface area contributed by atoms with Crippen molar-refractivity contribution in [2.24, 2.45) is 0 Å². The van der Waals surface area contributed by atoms with Crippen LogP contribution in [0.2, 0.25) is 5.02 Å². The molecule has 0 N–H and O–H groups in total. The molecule has 1 saturated heterocycles. The minimum atomic E-state index is -0.633. The molecule has 2 amide bonds. The number of carbonyl (C=O) groups excluding carboxylic acids is 2. The van der Waals surface area contributed by atoms with Crippen molar-refractivity contribution in [3.05, 3.63) is 34.6 Å². The lowest BCUT2D eigenvalue weighted by molar-refractivity contribution is -0.143. The van der Waals surface area contributed by atoms with Gasteiger partial charge in [-0.2, -0.15) is 0 Å². The first kappa shape index (κ1) is 17.7. The Balaban J connectivity index is 1.99. The van der Waals surface area contributed by atoms with Gasteiger partial charge in [-0.05, 0) is 26.0 Å². The van der Waals surface area contributed by atoms with Crippen LogP contribution in [0.3, 0.4) is 0 Å². The summed E-state index contributed by atoms with van der Waals surface area (Å²) in [5.41, 5.74) is -0.114. The second-order valence-corrected chi connectivity index (χ2v) is 5.72. The van der Waals surface area contributed by atoms with Crippen LogP contribution < -0.4 is 0 Å². The van der Waals surface area contributed by atoms with E-state index in [2.05, 4.69) is 0 Å². The minimum absolute atomic E-state index is 0.0946. The number of hydrogen-bond acceptors (Lipinski definition) is 3. The van der Waals surface area contributed by atoms with E-state index in [1.807, 2.05) is 6.92 Å². The van der Waals surface area contributed by atoms with Gasteiger partial charge < -0.3 is 14.5 Å². The number of benzene rings is 1. The van der Waals surface area contributed by atoms with E-state index in [-0.39, 0.29) is 16.5 Å². The summed E-state index contributed by atoms with van der Waals surface area (Å²) in [6.07, 6.45) is -0.497. The van der Waals surface area contributed by atoms with E-state index in [1.165, 1.54) is 23.1 Å². The molecule has 1 aliphatic heterocycles. The van der Waals surface area contributed by atoms with Gasteiger partial charge in [0, 0.05) is 32.8 Å². The summed E-state index contributed by atoms with van der Waals surface area (Å²) in [4.78, 5) is 27.8. The van der Waals surface area contributed by atoms with Crippen LogP contribution in [-0.2, 0) is 9.53 Å². The summed E-state index contributed by atoms with van der Waals surface area (Å²) in [6, 6.07) is 4.16. The van der Waals surface area contributed by atoms with Crippen LogP contribution in [0.4, 0.5) is 4.39 Å². The smallest absolute Gasteiger partial charge is 0.258 e. The van der Waals surface area contributed by atoms with E-state index in [9.17, 15) is 14.0 Å². The Morgan fingerprint density at radius 2 is 1.87 bits per heavy atom. The molecule has 0 unspecified atom stereocenters. The van der Waals surface area contributed by atoms with Gasteiger partial charge in [-0.1, -0.05) is 17.7 Å². The Morgan fingerprint density at radius 3 is 2.43 bits per heavy atom. The maximum absolute atomic E-state index is 13.8. The van der Waals surface area contributed by atoms with Crippen molar-refractivity contribution in [1.29, 1.82) is 0 Å². The Bertz CT molecular complexity index is 568. The molecule has 1 heterocycles. The highest BCUT2D eigenvalue weighted by atomic mass is 35.5. The third-order valence-electron chi connectivity index (χ3n) is 3.82. The summed E-state index contributed by atoms with van der Waals surface area (Å²) in [5, 5.41) is 0.0958. The third-order valence-corrected chi connectivity index (χ3v) is 4.13. The Labute approximate surface area is 140 Å². The van der Waals surface area contributed by atoms with Gasteiger partial charge in [-0.3, -0.25) is 9.59 Å². The van der Waals surface area contributed by atoms with Crippen LogP contribution >= 0.6 is 11.6 Å². The van der Waals surface area contributed by atoms with Crippen LogP contribution in [0.25, 0.3) is 0 Å². The van der Waals surface area contributed by atoms with Crippen molar-refractivity contribution in [2.45, 2.75) is 20.0 Å². The lowest BCUT2D eigenvalue weighted by Gasteiger charge is -2.36. The predicted octanol–water partition coefficient (Wildman–Crippen LogP) is 2.19. The highest BCUT2D eigenvalue weighted by Crippen LogP contribution is 2.21. The molecule has 2 rings (SSSR count). The molecule has 23 heavy (non-hydrogen) atoms. The fraction of sp³-hybridized carbons (Fsp3) is 0.500. The van der Waals surface area contributed by atoms with Gasteiger partial charge in [0.25, 0.3) is 11.8 Å². The summed E-state index contributed by atoms with van der Waals surface area (Å²) >= 11 is 5.93. The first-order chi connectivity index (χ1) is 11.0. The number of ether oxygens (including phenoxy) is 1. The van der Waals surface area contributed by atoms with E-state index in [0.29, 0.717) is 32.8 Å². The van der Waals surface area contributed by atoms with Gasteiger partial charge in [0.1, 0.15) is 11.9 Å². The first-order valence-corrected chi connectivity index (χ1v) is 7.97. The van der Waals surface area contributed by atoms with Gasteiger partial charge in [-0.15, -0.1) is 0 Å². The van der Waals surface area contributed by atoms with Gasteiger partial charge in [0.05, 0.1) is 10.6 Å². The second kappa shape index (κ2) is 7.75. The molecule has 1 atom stereocenters. The molecule has 1 aromatic rings. The molecular weight excluding hydrogens is 323 g/mol. The van der Waals surface area contributed by atoms with Crippen molar-refractivity contribution < 1.29 is 18.7 Å². The predicted molar refractivity (Wildman–Crippen MR) is 85.0 cm³/mol. The highest BCUT2D eigenvalue weighted by molar-refractivity contribution is 6.33. The van der Waals surface area contributed by atoms with Gasteiger partial charge >= 0.3 is 0 Å². The molecule has 5 nitrogen and oxygen atoms in total. The van der Waals surface area contributed by atoms with Crippen LogP contribution in [-0.4, -0.2) is 60.5 Å². The summed E-state index contributed by atoms with van der Waals surface area (Å²) in [7, 11) is 0. The maximum Gasteiger partial charge on any atom is 0.258 e. The molecule has 0 saturated carbocycles. The van der Waals surface area contributed by atoms with E-state index in [4.69, 9.17) is 16.3 Å². The van der Waals surface area contributed by atoms with Crippen LogP contribution in [0, 0.1) is 5.82 Å². The quantitative estimate of drug-likeness (QED) is 0.842. The first-order valence-electron chi connectivity index (χ1n) is 7.59. The van der Waals surface area contributed by atoms with Crippen molar-refractivity contribution in [3.63, 3.8) is 0 Å². The van der Waals surface area contributed by atoms with E-state index < -0.39 is 17.8 Å². The van der Waals surface area contributed by atoms with E-state index >= 15 is 0 Å². The lowest BCUT2D eigenvalue weighted by Crippen LogP contribution is -2.53. The Kier molecular flexibility index (Phi) is 5.96. The maximum atomic E-state index is 13.8. The number of amides is 2. The number of nitrogens with zero attached hydrogens (tertiary/aromatic N) is 2. The van der Waals surface area contributed by atoms with Crippen LogP contribution in [0.15, 0.2) is 18.2 Å².